The number of carbonyl (C=O) groups is 2. The largest absolute Gasteiger partial charge is 0.458 e. The number of alkyl halides is 1. The first-order valence-corrected chi connectivity index (χ1v) is 12.7. The zero-order chi connectivity index (χ0) is 24.6. The monoisotopic (exact) mass is 475 g/mol. The van der Waals surface area contributed by atoms with E-state index >= 15 is 4.39 Å². The fraction of sp³-hybridized carbons (Fsp3) is 0.467. The van der Waals surface area contributed by atoms with Crippen LogP contribution in [0, 0.1) is 17.8 Å². The molecule has 0 heterocycles. The molecular formula is C30H34FNO3. The highest BCUT2D eigenvalue weighted by Crippen LogP contribution is 2.57. The summed E-state index contributed by atoms with van der Waals surface area (Å²) in [6.07, 6.45) is 7.09. The van der Waals surface area contributed by atoms with Gasteiger partial charge in [0.2, 0.25) is 5.91 Å². The maximum Gasteiger partial charge on any atom is 0.331 e. The number of benzene rings is 2. The minimum atomic E-state index is -1.00. The number of amides is 1. The molecule has 4 nitrogen and oxygen atoms in total. The van der Waals surface area contributed by atoms with Crippen molar-refractivity contribution in [3.63, 3.8) is 0 Å². The van der Waals surface area contributed by atoms with Crippen LogP contribution in [0.3, 0.4) is 0 Å². The van der Waals surface area contributed by atoms with Crippen molar-refractivity contribution in [1.29, 1.82) is 0 Å². The number of hydrogen-bond donors (Lipinski definition) is 1. The van der Waals surface area contributed by atoms with Gasteiger partial charge in [-0.15, -0.1) is 0 Å². The van der Waals surface area contributed by atoms with Crippen molar-refractivity contribution in [3.05, 3.63) is 77.4 Å². The van der Waals surface area contributed by atoms with E-state index in [0.717, 1.165) is 29.5 Å². The summed E-state index contributed by atoms with van der Waals surface area (Å²) in [5.41, 5.74) is 0.884. The van der Waals surface area contributed by atoms with Crippen LogP contribution in [0.2, 0.25) is 0 Å². The Labute approximate surface area is 207 Å². The molecule has 2 unspecified atom stereocenters. The summed E-state index contributed by atoms with van der Waals surface area (Å²) in [5, 5.41) is 3.32. The van der Waals surface area contributed by atoms with E-state index in [0.29, 0.717) is 25.2 Å². The number of nitrogens with one attached hydrogen (secondary N) is 1. The molecule has 0 aromatic heterocycles. The van der Waals surface area contributed by atoms with Crippen LogP contribution in [0.1, 0.15) is 62.6 Å². The number of rotatable bonds is 7. The molecule has 2 aromatic carbocycles. The Kier molecular flexibility index (Phi) is 6.29. The average Bonchev–Trinajstić information content (AvgIpc) is 2.83. The van der Waals surface area contributed by atoms with E-state index in [-0.39, 0.29) is 30.4 Å². The van der Waals surface area contributed by atoms with E-state index in [2.05, 4.69) is 5.32 Å². The molecule has 4 aliphatic rings. The minimum absolute atomic E-state index is 0.0220. The molecule has 5 atom stereocenters. The van der Waals surface area contributed by atoms with Crippen molar-refractivity contribution < 1.29 is 18.7 Å². The van der Waals surface area contributed by atoms with E-state index in [1.807, 2.05) is 68.4 Å². The van der Waals surface area contributed by atoms with Crippen LogP contribution in [0.5, 0.6) is 0 Å². The quantitative estimate of drug-likeness (QED) is 0.410. The summed E-state index contributed by atoms with van der Waals surface area (Å²) in [6, 6.07) is 17.3. The van der Waals surface area contributed by atoms with Crippen LogP contribution in [-0.2, 0) is 26.3 Å². The van der Waals surface area contributed by atoms with Gasteiger partial charge in [0.25, 0.3) is 0 Å². The molecule has 1 N–H and O–H groups in total. The molecule has 4 aliphatic carbocycles. The van der Waals surface area contributed by atoms with Crippen molar-refractivity contribution in [1.82, 2.24) is 5.32 Å². The Morgan fingerprint density at radius 1 is 1.06 bits per heavy atom. The first-order chi connectivity index (χ1) is 16.7. The summed E-state index contributed by atoms with van der Waals surface area (Å²) in [7, 11) is 0. The lowest BCUT2D eigenvalue weighted by Crippen LogP contribution is -2.61. The summed E-state index contributed by atoms with van der Waals surface area (Å²) >= 11 is 0. The van der Waals surface area contributed by atoms with Gasteiger partial charge < -0.3 is 10.1 Å². The van der Waals surface area contributed by atoms with E-state index < -0.39 is 17.1 Å². The summed E-state index contributed by atoms with van der Waals surface area (Å²) < 4.78 is 20.4. The number of ether oxygens (including phenoxy) is 1. The molecule has 2 aromatic rings. The van der Waals surface area contributed by atoms with Gasteiger partial charge >= 0.3 is 5.97 Å². The molecule has 0 aliphatic heterocycles. The van der Waals surface area contributed by atoms with Gasteiger partial charge in [-0.05, 0) is 86.5 Å². The minimum Gasteiger partial charge on any atom is -0.458 e. The number of carbonyl (C=O) groups excluding carboxylic acids is 2. The topological polar surface area (TPSA) is 55.4 Å². The highest BCUT2D eigenvalue weighted by molar-refractivity contribution is 5.89. The lowest BCUT2D eigenvalue weighted by molar-refractivity contribution is -0.139. The summed E-state index contributed by atoms with van der Waals surface area (Å²) in [4.78, 5) is 25.6. The van der Waals surface area contributed by atoms with Crippen LogP contribution >= 0.6 is 0 Å². The summed E-state index contributed by atoms with van der Waals surface area (Å²) in [6.45, 7) is 4.07. The molecule has 184 valence electrons. The van der Waals surface area contributed by atoms with Crippen LogP contribution in [-0.4, -0.2) is 23.6 Å². The Morgan fingerprint density at radius 3 is 2.46 bits per heavy atom. The van der Waals surface area contributed by atoms with Crippen molar-refractivity contribution in [3.8, 4) is 0 Å². The van der Waals surface area contributed by atoms with Gasteiger partial charge in [0.05, 0.1) is 5.41 Å². The highest BCUT2D eigenvalue weighted by atomic mass is 19.1. The van der Waals surface area contributed by atoms with E-state index in [9.17, 15) is 9.59 Å². The second kappa shape index (κ2) is 9.25. The van der Waals surface area contributed by atoms with Crippen LogP contribution in [0.15, 0.2) is 60.7 Å². The second-order valence-electron chi connectivity index (χ2n) is 11.3. The van der Waals surface area contributed by atoms with Gasteiger partial charge in [-0.1, -0.05) is 54.6 Å². The van der Waals surface area contributed by atoms with Crippen LogP contribution in [0.4, 0.5) is 4.39 Å². The fourth-order valence-corrected chi connectivity index (χ4v) is 6.60. The molecule has 5 heteroatoms. The summed E-state index contributed by atoms with van der Waals surface area (Å²) in [5.74, 6) is 0.556. The molecule has 4 saturated carbocycles. The van der Waals surface area contributed by atoms with Crippen LogP contribution in [0.25, 0.3) is 6.08 Å². The van der Waals surface area contributed by atoms with Crippen molar-refractivity contribution in [2.24, 2.45) is 17.8 Å². The lowest BCUT2D eigenvalue weighted by atomic mass is 9.53. The smallest absolute Gasteiger partial charge is 0.331 e. The maximum absolute atomic E-state index is 15.1. The first-order valence-electron chi connectivity index (χ1n) is 12.7. The standard InChI is InChI=1S/C30H34FNO3/c1-29(2,28(34)32-27-23-13-22-14-24(27)18-30(31,16-22)17-23)25-10-6-9-20(15-25)11-12-26(33)35-19-21-7-4-3-5-8-21/h3-12,15,22-24,27H,13-14,16-19H2,1-2H3,(H,32,34)/b12-11+/t22?,23-,24?,27+,30+/m0/s1. The van der Waals surface area contributed by atoms with E-state index in [1.165, 1.54) is 6.08 Å². The molecule has 4 fully saturated rings. The Bertz CT molecular complexity index is 1110. The highest BCUT2D eigenvalue weighted by Gasteiger charge is 2.56. The molecule has 6 rings (SSSR count). The zero-order valence-corrected chi connectivity index (χ0v) is 20.5. The number of hydrogen-bond acceptors (Lipinski definition) is 3. The van der Waals surface area contributed by atoms with Crippen LogP contribution < -0.4 is 5.32 Å². The Morgan fingerprint density at radius 2 is 1.77 bits per heavy atom. The molecule has 0 spiro atoms. The molecule has 4 bridgehead atoms. The zero-order valence-electron chi connectivity index (χ0n) is 20.5. The van der Waals surface area contributed by atoms with E-state index in [4.69, 9.17) is 4.74 Å². The first kappa shape index (κ1) is 23.8. The van der Waals surface area contributed by atoms with E-state index in [1.54, 1.807) is 6.08 Å². The third-order valence-corrected chi connectivity index (χ3v) is 8.31. The fourth-order valence-electron chi connectivity index (χ4n) is 6.60. The normalized spacial score (nSPS) is 29.3. The number of esters is 1. The van der Waals surface area contributed by atoms with Crippen molar-refractivity contribution >= 4 is 18.0 Å². The molecule has 0 saturated heterocycles. The third-order valence-electron chi connectivity index (χ3n) is 8.31. The van der Waals surface area contributed by atoms with Gasteiger partial charge in [-0.2, -0.15) is 0 Å². The number of halogens is 1. The predicted octanol–water partition coefficient (Wildman–Crippen LogP) is 5.75. The van der Waals surface area contributed by atoms with Crippen molar-refractivity contribution in [2.75, 3.05) is 0 Å². The van der Waals surface area contributed by atoms with Gasteiger partial charge in [0, 0.05) is 12.1 Å². The lowest BCUT2D eigenvalue weighted by Gasteiger charge is -2.57. The predicted molar refractivity (Wildman–Crippen MR) is 134 cm³/mol. The average molecular weight is 476 g/mol. The molecular weight excluding hydrogens is 441 g/mol. The molecule has 1 amide bonds. The molecule has 0 radical (unpaired) electrons. The third kappa shape index (κ3) is 5.05. The maximum atomic E-state index is 15.1. The van der Waals surface area contributed by atoms with Gasteiger partial charge in [0.15, 0.2) is 0 Å². The second-order valence-corrected chi connectivity index (χ2v) is 11.3. The Hall–Kier alpha value is -2.95. The SMILES string of the molecule is CC(C)(C(=O)N[C@H]1C2CC3C[C@H]1C[C@](F)(C3)C2)c1cccc(/C=C/C(=O)OCc2ccccc2)c1. The van der Waals surface area contributed by atoms with Gasteiger partial charge in [-0.25, -0.2) is 9.18 Å². The molecule has 35 heavy (non-hydrogen) atoms. The van der Waals surface area contributed by atoms with Crippen molar-refractivity contribution in [2.45, 2.75) is 69.7 Å². The van der Waals surface area contributed by atoms with Gasteiger partial charge in [-0.3, -0.25) is 4.79 Å². The van der Waals surface area contributed by atoms with Gasteiger partial charge in [0.1, 0.15) is 12.3 Å². The Balaban J connectivity index is 1.22.